The molecule has 32 heavy (non-hydrogen) atoms. The van der Waals surface area contributed by atoms with Gasteiger partial charge >= 0.3 is 5.97 Å². The molecule has 1 atom stereocenters. The number of benzene rings is 4. The van der Waals surface area contributed by atoms with Crippen molar-refractivity contribution in [1.82, 2.24) is 5.32 Å². The van der Waals surface area contributed by atoms with Crippen molar-refractivity contribution < 1.29 is 14.3 Å². The molecule has 4 aromatic carbocycles. The number of rotatable bonds is 5. The Balaban J connectivity index is 1.48. The lowest BCUT2D eigenvalue weighted by Crippen LogP contribution is -2.45. The fourth-order valence-corrected chi connectivity index (χ4v) is 4.72. The molecule has 1 N–H and O–H groups in total. The van der Waals surface area contributed by atoms with Crippen LogP contribution in [0.5, 0.6) is 0 Å². The van der Waals surface area contributed by atoms with Gasteiger partial charge in [-0.05, 0) is 38.6 Å². The van der Waals surface area contributed by atoms with Crippen molar-refractivity contribution in [2.24, 2.45) is 0 Å². The molecule has 4 nitrogen and oxygen atoms in total. The first-order chi connectivity index (χ1) is 15.7. The molecule has 0 aliphatic heterocycles. The van der Waals surface area contributed by atoms with Crippen molar-refractivity contribution in [1.29, 1.82) is 0 Å². The number of ether oxygens (including phenoxy) is 1. The van der Waals surface area contributed by atoms with Crippen LogP contribution < -0.4 is 5.32 Å². The molecular weight excluding hydrogens is 398 g/mol. The van der Waals surface area contributed by atoms with Gasteiger partial charge in [-0.1, -0.05) is 91.0 Å². The van der Waals surface area contributed by atoms with Crippen LogP contribution in [0, 0.1) is 0 Å². The highest BCUT2D eigenvalue weighted by Crippen LogP contribution is 2.44. The maximum absolute atomic E-state index is 13.5. The number of hydrogen-bond acceptors (Lipinski definition) is 3. The van der Waals surface area contributed by atoms with Gasteiger partial charge < -0.3 is 10.1 Å². The quantitative estimate of drug-likeness (QED) is 0.469. The Labute approximate surface area is 186 Å². The smallest absolute Gasteiger partial charge is 0.328 e. The zero-order chi connectivity index (χ0) is 22.1. The Morgan fingerprint density at radius 1 is 0.812 bits per heavy atom. The number of carbonyl (C=O) groups is 2. The van der Waals surface area contributed by atoms with Gasteiger partial charge in [0.1, 0.15) is 6.04 Å². The van der Waals surface area contributed by atoms with Crippen molar-refractivity contribution in [2.45, 2.75) is 18.4 Å². The number of nitrogens with one attached hydrogen (secondary N) is 1. The number of hydrogen-bond donors (Lipinski definition) is 1. The van der Waals surface area contributed by atoms with Crippen LogP contribution in [0.15, 0.2) is 91.0 Å². The van der Waals surface area contributed by atoms with E-state index in [9.17, 15) is 9.59 Å². The van der Waals surface area contributed by atoms with Gasteiger partial charge in [-0.3, -0.25) is 4.79 Å². The molecule has 1 aliphatic carbocycles. The molecule has 0 bridgehead atoms. The highest BCUT2D eigenvalue weighted by Gasteiger charge is 2.35. The summed E-state index contributed by atoms with van der Waals surface area (Å²) in [7, 11) is 1.35. The molecular formula is C28H23NO3. The second kappa shape index (κ2) is 8.31. The number of fused-ring (bicyclic) bond motifs is 4. The van der Waals surface area contributed by atoms with Gasteiger partial charge in [-0.2, -0.15) is 0 Å². The minimum Gasteiger partial charge on any atom is -0.467 e. The summed E-state index contributed by atoms with van der Waals surface area (Å²) in [5, 5.41) is 5.15. The highest BCUT2D eigenvalue weighted by molar-refractivity contribution is 5.98. The third-order valence-electron chi connectivity index (χ3n) is 6.20. The molecule has 0 spiro atoms. The van der Waals surface area contributed by atoms with Crippen LogP contribution >= 0.6 is 0 Å². The van der Waals surface area contributed by atoms with E-state index in [4.69, 9.17) is 4.74 Å². The lowest BCUT2D eigenvalue weighted by Gasteiger charge is -2.21. The predicted molar refractivity (Wildman–Crippen MR) is 125 cm³/mol. The summed E-state index contributed by atoms with van der Waals surface area (Å²) < 4.78 is 5.05. The summed E-state index contributed by atoms with van der Waals surface area (Å²) in [5.41, 5.74) is 5.03. The number of amides is 1. The molecule has 158 valence electrons. The zero-order valence-electron chi connectivity index (χ0n) is 17.7. The first kappa shape index (κ1) is 20.0. The Bertz CT molecular complexity index is 1280. The lowest BCUT2D eigenvalue weighted by atomic mass is 9.94. The van der Waals surface area contributed by atoms with Gasteiger partial charge in [-0.15, -0.1) is 0 Å². The van der Waals surface area contributed by atoms with Crippen LogP contribution in [-0.2, 0) is 20.7 Å². The second-order valence-corrected chi connectivity index (χ2v) is 8.03. The van der Waals surface area contributed by atoms with Gasteiger partial charge in [0.25, 0.3) is 0 Å². The monoisotopic (exact) mass is 421 g/mol. The van der Waals surface area contributed by atoms with Gasteiger partial charge in [0, 0.05) is 6.42 Å². The van der Waals surface area contributed by atoms with E-state index in [2.05, 4.69) is 5.32 Å². The fraction of sp³-hybridized carbons (Fsp3) is 0.143. The zero-order valence-corrected chi connectivity index (χ0v) is 17.7. The maximum atomic E-state index is 13.5. The number of methoxy groups -OCH3 is 1. The average molecular weight is 421 g/mol. The molecule has 0 aromatic heterocycles. The van der Waals surface area contributed by atoms with Crippen LogP contribution in [-0.4, -0.2) is 25.0 Å². The minimum absolute atomic E-state index is 0.196. The van der Waals surface area contributed by atoms with Crippen LogP contribution in [0.3, 0.4) is 0 Å². The highest BCUT2D eigenvalue weighted by atomic mass is 16.5. The molecule has 0 saturated carbocycles. The largest absolute Gasteiger partial charge is 0.467 e. The predicted octanol–water partition coefficient (Wildman–Crippen LogP) is 4.85. The Morgan fingerprint density at radius 3 is 2.09 bits per heavy atom. The summed E-state index contributed by atoms with van der Waals surface area (Å²) in [6.07, 6.45) is 0.357. The standard InChI is InChI=1S/C28H23NO3/c1-32-28(31)25(17-19-11-8-10-18-9-2-3-12-20(18)19)29-27(30)26-23-15-6-4-13-21(23)22-14-5-7-16-24(22)26/h2-16,25-26H,17H2,1H3,(H,29,30)/t25-/m0/s1. The Kier molecular flexibility index (Phi) is 5.20. The third kappa shape index (κ3) is 3.44. The van der Waals surface area contributed by atoms with Crippen LogP contribution in [0.1, 0.15) is 22.6 Å². The SMILES string of the molecule is COC(=O)[C@H](Cc1cccc2ccccc12)NC(=O)C1c2ccccc2-c2ccccc21. The van der Waals surface area contributed by atoms with Crippen LogP contribution in [0.2, 0.25) is 0 Å². The molecule has 5 rings (SSSR count). The van der Waals surface area contributed by atoms with Crippen molar-refractivity contribution >= 4 is 22.6 Å². The van der Waals surface area contributed by atoms with Crippen molar-refractivity contribution in [2.75, 3.05) is 7.11 Å². The van der Waals surface area contributed by atoms with Gasteiger partial charge in [0.15, 0.2) is 0 Å². The maximum Gasteiger partial charge on any atom is 0.328 e. The van der Waals surface area contributed by atoms with E-state index in [1.165, 1.54) is 7.11 Å². The van der Waals surface area contributed by atoms with Gasteiger partial charge in [0.2, 0.25) is 5.91 Å². The molecule has 0 radical (unpaired) electrons. The van der Waals surface area contributed by atoms with Crippen molar-refractivity contribution in [3.63, 3.8) is 0 Å². The minimum atomic E-state index is -0.779. The Hall–Kier alpha value is -3.92. The summed E-state index contributed by atoms with van der Waals surface area (Å²) in [6.45, 7) is 0. The first-order valence-electron chi connectivity index (χ1n) is 10.7. The normalized spacial score (nSPS) is 13.3. The summed E-state index contributed by atoms with van der Waals surface area (Å²) in [4.78, 5) is 26.2. The Morgan fingerprint density at radius 2 is 1.41 bits per heavy atom. The van der Waals surface area contributed by atoms with E-state index in [-0.39, 0.29) is 5.91 Å². The first-order valence-corrected chi connectivity index (χ1v) is 10.7. The molecule has 4 aromatic rings. The van der Waals surface area contributed by atoms with Crippen LogP contribution in [0.25, 0.3) is 21.9 Å². The van der Waals surface area contributed by atoms with Crippen molar-refractivity contribution in [3.05, 3.63) is 108 Å². The second-order valence-electron chi connectivity index (χ2n) is 8.03. The topological polar surface area (TPSA) is 55.4 Å². The molecule has 0 fully saturated rings. The summed E-state index contributed by atoms with van der Waals surface area (Å²) in [5.74, 6) is -1.11. The summed E-state index contributed by atoms with van der Waals surface area (Å²) in [6, 6.07) is 29.1. The number of esters is 1. The molecule has 0 unspecified atom stereocenters. The molecule has 4 heteroatoms. The van der Waals surface area contributed by atoms with E-state index in [0.29, 0.717) is 6.42 Å². The molecule has 1 amide bonds. The average Bonchev–Trinajstić information content (AvgIpc) is 3.18. The van der Waals surface area contributed by atoms with Crippen LogP contribution in [0.4, 0.5) is 0 Å². The van der Waals surface area contributed by atoms with Gasteiger partial charge in [-0.25, -0.2) is 4.79 Å². The van der Waals surface area contributed by atoms with E-state index >= 15 is 0 Å². The van der Waals surface area contributed by atoms with Gasteiger partial charge in [0.05, 0.1) is 13.0 Å². The molecule has 1 aliphatic rings. The molecule has 0 saturated heterocycles. The molecule has 0 heterocycles. The third-order valence-corrected chi connectivity index (χ3v) is 6.20. The van der Waals surface area contributed by atoms with E-state index in [1.54, 1.807) is 0 Å². The fourth-order valence-electron chi connectivity index (χ4n) is 4.72. The van der Waals surface area contributed by atoms with Crippen molar-refractivity contribution in [3.8, 4) is 11.1 Å². The van der Waals surface area contributed by atoms with E-state index in [0.717, 1.165) is 38.6 Å². The van der Waals surface area contributed by atoms with E-state index in [1.807, 2.05) is 91.0 Å². The number of carbonyl (C=O) groups excluding carboxylic acids is 2. The lowest BCUT2D eigenvalue weighted by molar-refractivity contribution is -0.145. The summed E-state index contributed by atoms with van der Waals surface area (Å²) >= 11 is 0. The van der Waals surface area contributed by atoms with E-state index < -0.39 is 17.9 Å².